The number of aliphatic carboxylic acids is 1. The lowest BCUT2D eigenvalue weighted by molar-refractivity contribution is -0.131. The summed E-state index contributed by atoms with van der Waals surface area (Å²) in [7, 11) is 0. The van der Waals surface area contributed by atoms with Gasteiger partial charge in [-0.3, -0.25) is 0 Å². The number of nitriles is 1. The Bertz CT molecular complexity index is 453. The molecule has 0 amide bonds. The quantitative estimate of drug-likeness (QED) is 0.559. The molecule has 1 fully saturated rings. The highest BCUT2D eigenvalue weighted by molar-refractivity contribution is 5.81. The molecule has 0 aromatic carbocycles. The van der Waals surface area contributed by atoms with E-state index in [0.29, 0.717) is 18.4 Å². The van der Waals surface area contributed by atoms with Crippen LogP contribution in [-0.2, 0) is 4.79 Å². The van der Waals surface area contributed by atoms with Crippen LogP contribution in [0.3, 0.4) is 0 Å². The Morgan fingerprint density at radius 1 is 1.53 bits per heavy atom. The van der Waals surface area contributed by atoms with E-state index in [1.807, 2.05) is 0 Å². The molecule has 1 aliphatic rings. The minimum Gasteiger partial charge on any atom is -0.478 e. The summed E-state index contributed by atoms with van der Waals surface area (Å²) >= 11 is 0. The molecule has 0 aromatic heterocycles. The minimum atomic E-state index is -1.40. The Balaban J connectivity index is 2.91. The van der Waals surface area contributed by atoms with Gasteiger partial charge in [0.1, 0.15) is 5.60 Å². The fourth-order valence-corrected chi connectivity index (χ4v) is 1.80. The summed E-state index contributed by atoms with van der Waals surface area (Å²) in [4.78, 5) is 10.4. The molecule has 4 nitrogen and oxygen atoms in total. The first-order valence-electron chi connectivity index (χ1n) is 5.41. The van der Waals surface area contributed by atoms with Crippen molar-refractivity contribution in [2.75, 3.05) is 0 Å². The highest BCUT2D eigenvalue weighted by Crippen LogP contribution is 2.48. The van der Waals surface area contributed by atoms with Crippen LogP contribution in [0.15, 0.2) is 11.6 Å². The second-order valence-electron chi connectivity index (χ2n) is 4.54. The Morgan fingerprint density at radius 3 is 2.47 bits per heavy atom. The first-order valence-corrected chi connectivity index (χ1v) is 5.41. The standard InChI is InChI=1S/C13H15NO3/c1-10(8-11(15)16)4-7-12(2,17)13(9-14)5-3-6-13/h8,17H,3,5-6H2,1-2H3,(H,15,16)/b10-8-/t12-/m0/s1. The smallest absolute Gasteiger partial charge is 0.329 e. The Morgan fingerprint density at radius 2 is 2.12 bits per heavy atom. The van der Waals surface area contributed by atoms with Crippen molar-refractivity contribution in [3.05, 3.63) is 11.6 Å². The fourth-order valence-electron chi connectivity index (χ4n) is 1.80. The van der Waals surface area contributed by atoms with Gasteiger partial charge in [0.25, 0.3) is 0 Å². The van der Waals surface area contributed by atoms with Crippen LogP contribution in [0.1, 0.15) is 33.1 Å². The van der Waals surface area contributed by atoms with Crippen molar-refractivity contribution in [3.63, 3.8) is 0 Å². The Hall–Kier alpha value is -1.78. The van der Waals surface area contributed by atoms with E-state index in [-0.39, 0.29) is 0 Å². The molecule has 1 atom stereocenters. The minimum absolute atomic E-state index is 0.352. The van der Waals surface area contributed by atoms with Gasteiger partial charge in [0.05, 0.1) is 11.5 Å². The van der Waals surface area contributed by atoms with Crippen LogP contribution in [0, 0.1) is 28.6 Å². The van der Waals surface area contributed by atoms with Crippen molar-refractivity contribution in [2.24, 2.45) is 5.41 Å². The molecule has 0 radical (unpaired) electrons. The van der Waals surface area contributed by atoms with Crippen LogP contribution in [0.4, 0.5) is 0 Å². The van der Waals surface area contributed by atoms with Gasteiger partial charge in [0.2, 0.25) is 0 Å². The topological polar surface area (TPSA) is 81.3 Å². The summed E-state index contributed by atoms with van der Waals surface area (Å²) in [5, 5.41) is 27.8. The second-order valence-corrected chi connectivity index (χ2v) is 4.54. The average molecular weight is 233 g/mol. The van der Waals surface area contributed by atoms with Crippen LogP contribution < -0.4 is 0 Å². The largest absolute Gasteiger partial charge is 0.478 e. The SMILES string of the molecule is C/C(C#C[C@](C)(O)C1(C#N)CCC1)=C/C(=O)O. The molecule has 1 saturated carbocycles. The third-order valence-electron chi connectivity index (χ3n) is 3.20. The second kappa shape index (κ2) is 4.61. The molecule has 0 aliphatic heterocycles. The first-order chi connectivity index (χ1) is 7.83. The number of carbonyl (C=O) groups is 1. The third kappa shape index (κ3) is 2.67. The van der Waals surface area contributed by atoms with E-state index in [4.69, 9.17) is 10.4 Å². The number of hydrogen-bond acceptors (Lipinski definition) is 3. The molecular formula is C13H15NO3. The molecule has 1 aliphatic carbocycles. The molecule has 0 saturated heterocycles. The lowest BCUT2D eigenvalue weighted by atomic mass is 9.60. The number of allylic oxidation sites excluding steroid dienone is 1. The van der Waals surface area contributed by atoms with E-state index in [1.54, 1.807) is 6.92 Å². The van der Waals surface area contributed by atoms with Gasteiger partial charge >= 0.3 is 5.97 Å². The van der Waals surface area contributed by atoms with E-state index in [2.05, 4.69) is 17.9 Å². The zero-order valence-electron chi connectivity index (χ0n) is 9.95. The summed E-state index contributed by atoms with van der Waals surface area (Å²) in [5.74, 6) is 4.13. The normalized spacial score (nSPS) is 21.2. The maximum Gasteiger partial charge on any atom is 0.329 e. The summed E-state index contributed by atoms with van der Waals surface area (Å²) < 4.78 is 0. The first kappa shape index (κ1) is 13.3. The molecule has 0 spiro atoms. The van der Waals surface area contributed by atoms with Gasteiger partial charge in [-0.1, -0.05) is 11.8 Å². The molecule has 0 heterocycles. The fraction of sp³-hybridized carbons (Fsp3) is 0.538. The van der Waals surface area contributed by atoms with Crippen LogP contribution in [-0.4, -0.2) is 21.8 Å². The number of nitrogens with zero attached hydrogens (tertiary/aromatic N) is 1. The lowest BCUT2D eigenvalue weighted by Crippen LogP contribution is -2.48. The number of rotatable bonds is 2. The maximum absolute atomic E-state index is 10.4. The highest BCUT2D eigenvalue weighted by Gasteiger charge is 2.51. The predicted molar refractivity (Wildman–Crippen MR) is 61.7 cm³/mol. The lowest BCUT2D eigenvalue weighted by Gasteiger charge is -2.43. The molecule has 1 rings (SSSR count). The molecular weight excluding hydrogens is 218 g/mol. The van der Waals surface area contributed by atoms with E-state index >= 15 is 0 Å². The average Bonchev–Trinajstić information content (AvgIpc) is 2.12. The van der Waals surface area contributed by atoms with Gasteiger partial charge < -0.3 is 10.2 Å². The van der Waals surface area contributed by atoms with E-state index in [1.165, 1.54) is 6.92 Å². The summed E-state index contributed by atoms with van der Waals surface area (Å²) in [5.41, 5.74) is -1.85. The zero-order chi connectivity index (χ0) is 13.1. The van der Waals surface area contributed by atoms with Crippen LogP contribution in [0.5, 0.6) is 0 Å². The van der Waals surface area contributed by atoms with Gasteiger partial charge in [-0.25, -0.2) is 4.79 Å². The monoisotopic (exact) mass is 233 g/mol. The molecule has 0 aromatic rings. The number of carboxylic acid groups (broad SMARTS) is 1. The molecule has 0 bridgehead atoms. The molecule has 0 unspecified atom stereocenters. The number of hydrogen-bond donors (Lipinski definition) is 2. The molecule has 2 N–H and O–H groups in total. The summed E-state index contributed by atoms with van der Waals surface area (Å²) in [6, 6.07) is 2.13. The molecule has 17 heavy (non-hydrogen) atoms. The van der Waals surface area contributed by atoms with Crippen molar-refractivity contribution >= 4 is 5.97 Å². The van der Waals surface area contributed by atoms with Gasteiger partial charge in [-0.2, -0.15) is 5.26 Å². The zero-order valence-corrected chi connectivity index (χ0v) is 9.95. The van der Waals surface area contributed by atoms with Crippen molar-refractivity contribution in [3.8, 4) is 17.9 Å². The highest BCUT2D eigenvalue weighted by atomic mass is 16.4. The van der Waals surface area contributed by atoms with Crippen molar-refractivity contribution in [2.45, 2.75) is 38.7 Å². The summed E-state index contributed by atoms with van der Waals surface area (Å²) in [6.45, 7) is 3.06. The van der Waals surface area contributed by atoms with E-state index in [9.17, 15) is 9.90 Å². The third-order valence-corrected chi connectivity index (χ3v) is 3.20. The van der Waals surface area contributed by atoms with E-state index < -0.39 is 17.0 Å². The number of carboxylic acids is 1. The van der Waals surface area contributed by atoms with Gasteiger partial charge in [-0.05, 0) is 33.1 Å². The van der Waals surface area contributed by atoms with Crippen LogP contribution >= 0.6 is 0 Å². The van der Waals surface area contributed by atoms with E-state index in [0.717, 1.165) is 12.5 Å². The van der Waals surface area contributed by atoms with Gasteiger partial charge in [0.15, 0.2) is 0 Å². The van der Waals surface area contributed by atoms with Crippen LogP contribution in [0.2, 0.25) is 0 Å². The van der Waals surface area contributed by atoms with Crippen molar-refractivity contribution < 1.29 is 15.0 Å². The van der Waals surface area contributed by atoms with Gasteiger partial charge in [0, 0.05) is 11.6 Å². The van der Waals surface area contributed by atoms with Gasteiger partial charge in [-0.15, -0.1) is 0 Å². The Kier molecular flexibility index (Phi) is 3.60. The Labute approximate surface area is 101 Å². The van der Waals surface area contributed by atoms with Crippen molar-refractivity contribution in [1.82, 2.24) is 0 Å². The maximum atomic E-state index is 10.4. The number of aliphatic hydroxyl groups is 1. The summed E-state index contributed by atoms with van der Waals surface area (Å²) in [6.07, 6.45) is 3.15. The molecule has 4 heteroatoms. The molecule has 90 valence electrons. The van der Waals surface area contributed by atoms with Crippen molar-refractivity contribution in [1.29, 1.82) is 5.26 Å². The van der Waals surface area contributed by atoms with Crippen LogP contribution in [0.25, 0.3) is 0 Å². The predicted octanol–water partition coefficient (Wildman–Crippen LogP) is 1.47.